The first-order chi connectivity index (χ1) is 11.6. The molecule has 0 aliphatic carbocycles. The van der Waals surface area contributed by atoms with Crippen molar-refractivity contribution in [1.82, 2.24) is 4.98 Å². The molecule has 4 nitrogen and oxygen atoms in total. The third-order valence-electron chi connectivity index (χ3n) is 3.67. The first-order valence-corrected chi connectivity index (χ1v) is 9.31. The number of para-hydroxylation sites is 1. The Morgan fingerprint density at radius 3 is 2.83 bits per heavy atom. The highest BCUT2D eigenvalue weighted by molar-refractivity contribution is 7.15. The van der Waals surface area contributed by atoms with Gasteiger partial charge in [0.1, 0.15) is 5.75 Å². The minimum Gasteiger partial charge on any atom is -0.496 e. The summed E-state index contributed by atoms with van der Waals surface area (Å²) >= 11 is 2.95. The molecule has 0 atom stereocenters. The van der Waals surface area contributed by atoms with Gasteiger partial charge in [-0.3, -0.25) is 10.1 Å². The topological polar surface area (TPSA) is 51.2 Å². The van der Waals surface area contributed by atoms with Crippen molar-refractivity contribution in [3.05, 3.63) is 51.0 Å². The third kappa shape index (κ3) is 3.34. The van der Waals surface area contributed by atoms with Crippen molar-refractivity contribution in [1.29, 1.82) is 0 Å². The van der Waals surface area contributed by atoms with E-state index in [1.165, 1.54) is 21.8 Å². The van der Waals surface area contributed by atoms with E-state index < -0.39 is 0 Å². The van der Waals surface area contributed by atoms with E-state index in [0.29, 0.717) is 5.13 Å². The van der Waals surface area contributed by atoms with Crippen LogP contribution in [-0.4, -0.2) is 18.0 Å². The Kier molecular flexibility index (Phi) is 4.97. The fourth-order valence-corrected chi connectivity index (χ4v) is 4.17. The van der Waals surface area contributed by atoms with Gasteiger partial charge in [0.05, 0.1) is 17.7 Å². The molecule has 0 aliphatic heterocycles. The minimum absolute atomic E-state index is 0.108. The summed E-state index contributed by atoms with van der Waals surface area (Å²) < 4.78 is 5.37. The van der Waals surface area contributed by atoms with Crippen molar-refractivity contribution in [2.75, 3.05) is 12.4 Å². The van der Waals surface area contributed by atoms with Crippen molar-refractivity contribution >= 4 is 33.7 Å². The maximum absolute atomic E-state index is 12.4. The van der Waals surface area contributed by atoms with Crippen molar-refractivity contribution in [2.45, 2.75) is 20.3 Å². The Bertz CT molecular complexity index is 868. The smallest absolute Gasteiger partial charge is 0.267 e. The molecule has 1 N–H and O–H groups in total. The van der Waals surface area contributed by atoms with Gasteiger partial charge in [-0.05, 0) is 37.1 Å². The lowest BCUT2D eigenvalue weighted by Crippen LogP contribution is -2.09. The molecule has 3 rings (SSSR count). The molecule has 2 aromatic heterocycles. The van der Waals surface area contributed by atoms with E-state index in [-0.39, 0.29) is 5.91 Å². The molecule has 0 aliphatic rings. The molecule has 3 aromatic rings. The molecule has 0 bridgehead atoms. The predicted molar refractivity (Wildman–Crippen MR) is 100 cm³/mol. The van der Waals surface area contributed by atoms with Crippen LogP contribution >= 0.6 is 22.7 Å². The Morgan fingerprint density at radius 2 is 2.12 bits per heavy atom. The summed E-state index contributed by atoms with van der Waals surface area (Å²) in [7, 11) is 1.64. The molecule has 0 radical (unpaired) electrons. The molecule has 2 heterocycles. The average Bonchev–Trinajstić information content (AvgIpc) is 3.21. The number of aryl methyl sites for hydroxylation is 2. The highest BCUT2D eigenvalue weighted by Crippen LogP contribution is 2.32. The Balaban J connectivity index is 1.79. The molecule has 0 spiro atoms. The van der Waals surface area contributed by atoms with Crippen LogP contribution in [0.3, 0.4) is 0 Å². The molecule has 0 unspecified atom stereocenters. The summed E-state index contributed by atoms with van der Waals surface area (Å²) in [6.07, 6.45) is 0.943. The van der Waals surface area contributed by atoms with Crippen molar-refractivity contribution in [2.24, 2.45) is 0 Å². The zero-order valence-corrected chi connectivity index (χ0v) is 15.4. The summed E-state index contributed by atoms with van der Waals surface area (Å²) in [5.74, 6) is 0.658. The predicted octanol–water partition coefficient (Wildman–Crippen LogP) is 5.00. The van der Waals surface area contributed by atoms with Gasteiger partial charge in [-0.1, -0.05) is 19.1 Å². The van der Waals surface area contributed by atoms with Gasteiger partial charge in [-0.15, -0.1) is 22.7 Å². The number of nitrogens with one attached hydrogen (secondary N) is 1. The van der Waals surface area contributed by atoms with E-state index in [9.17, 15) is 4.79 Å². The van der Waals surface area contributed by atoms with Gasteiger partial charge in [-0.2, -0.15) is 0 Å². The number of carbonyl (C=O) groups excluding carboxylic acids is 1. The summed E-state index contributed by atoms with van der Waals surface area (Å²) in [6, 6.07) is 9.65. The van der Waals surface area contributed by atoms with Gasteiger partial charge >= 0.3 is 0 Å². The number of amides is 1. The van der Waals surface area contributed by atoms with Gasteiger partial charge in [0, 0.05) is 15.8 Å². The largest absolute Gasteiger partial charge is 0.496 e. The normalized spacial score (nSPS) is 10.6. The molecule has 0 fully saturated rings. The number of nitrogens with zero attached hydrogens (tertiary/aromatic N) is 1. The minimum atomic E-state index is -0.108. The van der Waals surface area contributed by atoms with E-state index in [0.717, 1.165) is 28.3 Å². The molecule has 6 heteroatoms. The van der Waals surface area contributed by atoms with E-state index in [1.54, 1.807) is 18.4 Å². The first kappa shape index (κ1) is 16.7. The van der Waals surface area contributed by atoms with Gasteiger partial charge < -0.3 is 4.74 Å². The number of aromatic nitrogens is 1. The van der Waals surface area contributed by atoms with Crippen LogP contribution in [-0.2, 0) is 6.42 Å². The number of carbonyl (C=O) groups is 1. The van der Waals surface area contributed by atoms with Crippen LogP contribution in [0.1, 0.15) is 27.0 Å². The number of ether oxygens (including phenoxy) is 1. The fourth-order valence-electron chi connectivity index (χ4n) is 2.45. The summed E-state index contributed by atoms with van der Waals surface area (Å²) in [6.45, 7) is 4.14. The first-order valence-electron chi connectivity index (χ1n) is 7.62. The second-order valence-electron chi connectivity index (χ2n) is 5.26. The van der Waals surface area contributed by atoms with Crippen LogP contribution in [0, 0.1) is 6.92 Å². The molecule has 0 saturated heterocycles. The number of thiophene rings is 1. The second-order valence-corrected chi connectivity index (χ2v) is 7.26. The number of anilines is 1. The van der Waals surface area contributed by atoms with Crippen LogP contribution in [0.25, 0.3) is 11.3 Å². The Hall–Kier alpha value is -2.18. The quantitative estimate of drug-likeness (QED) is 0.698. The maximum atomic E-state index is 12.4. The van der Waals surface area contributed by atoms with E-state index in [2.05, 4.69) is 17.2 Å². The summed E-state index contributed by atoms with van der Waals surface area (Å²) in [5.41, 5.74) is 2.88. The lowest BCUT2D eigenvalue weighted by Gasteiger charge is -2.04. The maximum Gasteiger partial charge on any atom is 0.267 e. The van der Waals surface area contributed by atoms with Gasteiger partial charge in [-0.25, -0.2) is 4.98 Å². The number of hydrogen-bond donors (Lipinski definition) is 1. The molecular formula is C18H18N2O2S2. The third-order valence-corrected chi connectivity index (χ3v) is 5.81. The number of rotatable bonds is 5. The van der Waals surface area contributed by atoms with Crippen LogP contribution in [0.15, 0.2) is 35.7 Å². The standard InChI is InChI=1S/C18H18N2O2S2/c1-4-15-11(2)9-16(24-15)17(21)20-18-19-13(10-23-18)12-7-5-6-8-14(12)22-3/h5-10H,4H2,1-3H3,(H,19,20,21). The molecule has 1 amide bonds. The van der Waals surface area contributed by atoms with Crippen LogP contribution in [0.2, 0.25) is 0 Å². The van der Waals surface area contributed by atoms with Crippen LogP contribution in [0.4, 0.5) is 5.13 Å². The number of benzene rings is 1. The highest BCUT2D eigenvalue weighted by Gasteiger charge is 2.15. The number of thiazole rings is 1. The van der Waals surface area contributed by atoms with Crippen LogP contribution in [0.5, 0.6) is 5.75 Å². The molecule has 0 saturated carbocycles. The molecule has 124 valence electrons. The monoisotopic (exact) mass is 358 g/mol. The number of hydrogen-bond acceptors (Lipinski definition) is 5. The zero-order chi connectivity index (χ0) is 17.1. The van der Waals surface area contributed by atoms with E-state index in [4.69, 9.17) is 4.74 Å². The fraction of sp³-hybridized carbons (Fsp3) is 0.222. The van der Waals surface area contributed by atoms with Crippen LogP contribution < -0.4 is 10.1 Å². The van der Waals surface area contributed by atoms with Crippen molar-refractivity contribution < 1.29 is 9.53 Å². The summed E-state index contributed by atoms with van der Waals surface area (Å²) in [5, 5.41) is 5.40. The lowest BCUT2D eigenvalue weighted by atomic mass is 10.1. The van der Waals surface area contributed by atoms with Gasteiger partial charge in [0.2, 0.25) is 0 Å². The van der Waals surface area contributed by atoms with Gasteiger partial charge in [0.25, 0.3) is 5.91 Å². The molecule has 1 aromatic carbocycles. The second kappa shape index (κ2) is 7.15. The Labute approximate surface area is 149 Å². The van der Waals surface area contributed by atoms with E-state index >= 15 is 0 Å². The van der Waals surface area contributed by atoms with Gasteiger partial charge in [0.15, 0.2) is 5.13 Å². The lowest BCUT2D eigenvalue weighted by molar-refractivity contribution is 0.103. The Morgan fingerprint density at radius 1 is 1.33 bits per heavy atom. The van der Waals surface area contributed by atoms with Crippen molar-refractivity contribution in [3.63, 3.8) is 0 Å². The zero-order valence-electron chi connectivity index (χ0n) is 13.8. The highest BCUT2D eigenvalue weighted by atomic mass is 32.1. The summed E-state index contributed by atoms with van der Waals surface area (Å²) in [4.78, 5) is 18.9. The average molecular weight is 358 g/mol. The van der Waals surface area contributed by atoms with E-state index in [1.807, 2.05) is 42.6 Å². The molecular weight excluding hydrogens is 340 g/mol. The SMILES string of the molecule is CCc1sc(C(=O)Nc2nc(-c3ccccc3OC)cs2)cc1C. The molecule has 24 heavy (non-hydrogen) atoms. The van der Waals surface area contributed by atoms with Crippen molar-refractivity contribution in [3.8, 4) is 17.0 Å². The number of methoxy groups -OCH3 is 1.